The Balaban J connectivity index is 2.05. The number of rotatable bonds is 5. The van der Waals surface area contributed by atoms with Crippen LogP contribution in [0.4, 0.5) is 5.69 Å². The molecule has 2 rings (SSSR count). The van der Waals surface area contributed by atoms with E-state index in [2.05, 4.69) is 10.5 Å². The first-order valence-corrected chi connectivity index (χ1v) is 7.42. The third-order valence-electron chi connectivity index (χ3n) is 3.62. The van der Waals surface area contributed by atoms with Crippen LogP contribution in [0.25, 0.3) is 0 Å². The summed E-state index contributed by atoms with van der Waals surface area (Å²) >= 11 is 0. The second-order valence-electron chi connectivity index (χ2n) is 5.60. The minimum atomic E-state index is -0.149. The lowest BCUT2D eigenvalue weighted by Gasteiger charge is -2.14. The molecule has 0 radical (unpaired) electrons. The molecule has 0 bridgehead atoms. The van der Waals surface area contributed by atoms with E-state index in [-0.39, 0.29) is 11.8 Å². The summed E-state index contributed by atoms with van der Waals surface area (Å²) in [5.41, 5.74) is 2.76. The highest BCUT2D eigenvalue weighted by atomic mass is 16.5. The number of nitrogens with one attached hydrogen (secondary N) is 1. The van der Waals surface area contributed by atoms with Gasteiger partial charge in [-0.2, -0.15) is 0 Å². The first kappa shape index (κ1) is 16.7. The summed E-state index contributed by atoms with van der Waals surface area (Å²) in [5.74, 6) is 0.439. The van der Waals surface area contributed by atoms with Gasteiger partial charge in [0.1, 0.15) is 5.76 Å². The molecule has 1 N–H and O–H groups in total. The third kappa shape index (κ3) is 3.97. The van der Waals surface area contributed by atoms with Crippen LogP contribution in [-0.4, -0.2) is 36.0 Å². The number of carbonyl (C=O) groups is 2. The van der Waals surface area contributed by atoms with Crippen molar-refractivity contribution >= 4 is 17.5 Å². The summed E-state index contributed by atoms with van der Waals surface area (Å²) in [6, 6.07) is 6.99. The van der Waals surface area contributed by atoms with E-state index >= 15 is 0 Å². The number of hydrogen-bond acceptors (Lipinski definition) is 4. The van der Waals surface area contributed by atoms with Crippen LogP contribution in [0.15, 0.2) is 28.8 Å². The van der Waals surface area contributed by atoms with Crippen molar-refractivity contribution in [3.63, 3.8) is 0 Å². The van der Waals surface area contributed by atoms with Gasteiger partial charge in [0.15, 0.2) is 0 Å². The molecule has 0 saturated carbocycles. The van der Waals surface area contributed by atoms with Crippen molar-refractivity contribution in [3.8, 4) is 0 Å². The fourth-order valence-corrected chi connectivity index (χ4v) is 2.33. The van der Waals surface area contributed by atoms with Crippen molar-refractivity contribution < 1.29 is 14.1 Å². The number of amides is 2. The molecule has 1 aromatic heterocycles. The van der Waals surface area contributed by atoms with Crippen LogP contribution in [-0.2, 0) is 11.2 Å². The Morgan fingerprint density at radius 2 is 1.91 bits per heavy atom. The molecule has 23 heavy (non-hydrogen) atoms. The van der Waals surface area contributed by atoms with Crippen molar-refractivity contribution in [2.75, 3.05) is 19.4 Å². The lowest BCUT2D eigenvalue weighted by Crippen LogP contribution is -2.24. The Labute approximate surface area is 135 Å². The fourth-order valence-electron chi connectivity index (χ4n) is 2.33. The molecule has 0 saturated heterocycles. The van der Waals surface area contributed by atoms with Crippen molar-refractivity contribution in [2.45, 2.75) is 26.7 Å². The second kappa shape index (κ2) is 7.09. The summed E-state index contributed by atoms with van der Waals surface area (Å²) in [4.78, 5) is 25.8. The average molecular weight is 315 g/mol. The highest BCUT2D eigenvalue weighted by Gasteiger charge is 2.15. The quantitative estimate of drug-likeness (QED) is 0.920. The van der Waals surface area contributed by atoms with Crippen molar-refractivity contribution in [3.05, 3.63) is 46.8 Å². The number of anilines is 1. The number of aryl methyl sites for hydroxylation is 2. The molecule has 6 nitrogen and oxygen atoms in total. The molecule has 1 heterocycles. The van der Waals surface area contributed by atoms with E-state index in [1.807, 2.05) is 13.8 Å². The molecule has 0 fully saturated rings. The van der Waals surface area contributed by atoms with Crippen LogP contribution < -0.4 is 5.32 Å². The molecule has 0 spiro atoms. The molecule has 0 aliphatic heterocycles. The number of aromatic nitrogens is 1. The number of carbonyl (C=O) groups excluding carboxylic acids is 2. The van der Waals surface area contributed by atoms with E-state index in [0.29, 0.717) is 24.1 Å². The molecule has 0 unspecified atom stereocenters. The van der Waals surface area contributed by atoms with Crippen LogP contribution in [0.3, 0.4) is 0 Å². The summed E-state index contributed by atoms with van der Waals surface area (Å²) in [6.45, 7) is 3.69. The summed E-state index contributed by atoms with van der Waals surface area (Å²) in [6.07, 6.45) is 0.851. The van der Waals surface area contributed by atoms with Gasteiger partial charge in [0.2, 0.25) is 5.91 Å². The van der Waals surface area contributed by atoms with Crippen LogP contribution in [0, 0.1) is 13.8 Å². The minimum Gasteiger partial charge on any atom is -0.361 e. The molecule has 0 aliphatic carbocycles. The zero-order chi connectivity index (χ0) is 17.0. The van der Waals surface area contributed by atoms with E-state index in [1.165, 1.54) is 4.90 Å². The van der Waals surface area contributed by atoms with Gasteiger partial charge < -0.3 is 14.7 Å². The molecule has 122 valence electrons. The van der Waals surface area contributed by atoms with Crippen molar-refractivity contribution in [1.29, 1.82) is 0 Å². The molecule has 2 aromatic rings. The van der Waals surface area contributed by atoms with Gasteiger partial charge in [-0.05, 0) is 32.4 Å². The standard InChI is InChI=1S/C17H21N3O3/c1-11-13(12(2)23-19-11)9-10-16(21)18-15-8-6-5-7-14(15)17(22)20(3)4/h5-8H,9-10H2,1-4H3,(H,18,21). The van der Waals surface area contributed by atoms with Gasteiger partial charge in [-0.1, -0.05) is 17.3 Å². The summed E-state index contributed by atoms with van der Waals surface area (Å²) < 4.78 is 5.09. The molecule has 1 aromatic carbocycles. The highest BCUT2D eigenvalue weighted by molar-refractivity contribution is 6.03. The number of hydrogen-bond donors (Lipinski definition) is 1. The zero-order valence-corrected chi connectivity index (χ0v) is 13.8. The van der Waals surface area contributed by atoms with E-state index in [4.69, 9.17) is 4.52 Å². The fraction of sp³-hybridized carbons (Fsp3) is 0.353. The topological polar surface area (TPSA) is 75.4 Å². The van der Waals surface area contributed by atoms with Crippen molar-refractivity contribution in [2.24, 2.45) is 0 Å². The number of para-hydroxylation sites is 1. The third-order valence-corrected chi connectivity index (χ3v) is 3.62. The van der Waals surface area contributed by atoms with Gasteiger partial charge >= 0.3 is 0 Å². The Kier molecular flexibility index (Phi) is 5.16. The first-order valence-electron chi connectivity index (χ1n) is 7.42. The monoisotopic (exact) mass is 315 g/mol. The lowest BCUT2D eigenvalue weighted by molar-refractivity contribution is -0.116. The van der Waals surface area contributed by atoms with Gasteiger partial charge in [-0.25, -0.2) is 0 Å². The minimum absolute atomic E-state index is 0.147. The van der Waals surface area contributed by atoms with E-state index in [1.54, 1.807) is 38.4 Å². The van der Waals surface area contributed by atoms with Crippen LogP contribution in [0.5, 0.6) is 0 Å². The summed E-state index contributed by atoms with van der Waals surface area (Å²) in [7, 11) is 3.36. The normalized spacial score (nSPS) is 10.4. The summed E-state index contributed by atoms with van der Waals surface area (Å²) in [5, 5.41) is 6.69. The Morgan fingerprint density at radius 3 is 2.52 bits per heavy atom. The maximum Gasteiger partial charge on any atom is 0.255 e. The van der Waals surface area contributed by atoms with Crippen LogP contribution >= 0.6 is 0 Å². The maximum absolute atomic E-state index is 12.2. The molecular formula is C17H21N3O3. The second-order valence-corrected chi connectivity index (χ2v) is 5.60. The van der Waals surface area contributed by atoms with Crippen LogP contribution in [0.1, 0.15) is 33.8 Å². The predicted octanol–water partition coefficient (Wildman–Crippen LogP) is 2.56. The SMILES string of the molecule is Cc1noc(C)c1CCC(=O)Nc1ccccc1C(=O)N(C)C. The molecule has 2 amide bonds. The van der Waals surface area contributed by atoms with Gasteiger partial charge in [0.05, 0.1) is 16.9 Å². The Bertz CT molecular complexity index is 700. The largest absolute Gasteiger partial charge is 0.361 e. The van der Waals surface area contributed by atoms with E-state index in [9.17, 15) is 9.59 Å². The van der Waals surface area contributed by atoms with E-state index in [0.717, 1.165) is 17.0 Å². The number of nitrogens with zero attached hydrogens (tertiary/aromatic N) is 2. The zero-order valence-electron chi connectivity index (χ0n) is 13.8. The Morgan fingerprint density at radius 1 is 1.22 bits per heavy atom. The van der Waals surface area contributed by atoms with Gasteiger partial charge in [0.25, 0.3) is 5.91 Å². The number of benzene rings is 1. The molecule has 0 atom stereocenters. The average Bonchev–Trinajstić information content (AvgIpc) is 2.83. The van der Waals surface area contributed by atoms with Gasteiger partial charge in [-0.15, -0.1) is 0 Å². The van der Waals surface area contributed by atoms with Crippen LogP contribution in [0.2, 0.25) is 0 Å². The smallest absolute Gasteiger partial charge is 0.255 e. The Hall–Kier alpha value is -2.63. The first-order chi connectivity index (χ1) is 10.9. The van der Waals surface area contributed by atoms with E-state index < -0.39 is 0 Å². The molecule has 0 aliphatic rings. The van der Waals surface area contributed by atoms with Crippen molar-refractivity contribution in [1.82, 2.24) is 10.1 Å². The predicted molar refractivity (Wildman–Crippen MR) is 87.4 cm³/mol. The molecule has 6 heteroatoms. The lowest BCUT2D eigenvalue weighted by atomic mass is 10.1. The van der Waals surface area contributed by atoms with Gasteiger partial charge in [-0.3, -0.25) is 9.59 Å². The maximum atomic E-state index is 12.2. The van der Waals surface area contributed by atoms with Gasteiger partial charge in [0, 0.05) is 26.1 Å². The molecular weight excluding hydrogens is 294 g/mol. The highest BCUT2D eigenvalue weighted by Crippen LogP contribution is 2.18.